The van der Waals surface area contributed by atoms with E-state index in [4.69, 9.17) is 51.5 Å². The average Bonchev–Trinajstić information content (AvgIpc) is 2.58. The Hall–Kier alpha value is -1.45. The van der Waals surface area contributed by atoms with Crippen LogP contribution in [0.2, 0.25) is 0 Å². The summed E-state index contributed by atoms with van der Waals surface area (Å²) in [6.45, 7) is 0.140. The Kier molecular flexibility index (Phi) is 7.38. The van der Waals surface area contributed by atoms with Gasteiger partial charge in [-0.3, -0.25) is 20.2 Å². The molecule has 26 heavy (non-hydrogen) atoms. The number of allylic oxidation sites excluding steroid dienone is 1. The highest BCUT2D eigenvalue weighted by atomic mass is 35.5. The molecule has 1 aromatic rings. The van der Waals surface area contributed by atoms with Crippen LogP contribution < -0.4 is 0 Å². The molecular weight excluding hydrogens is 434 g/mol. The largest absolute Gasteiger partial charge is 0.490 e. The molecule has 1 aliphatic carbocycles. The summed E-state index contributed by atoms with van der Waals surface area (Å²) in [4.78, 5) is 30.3. The summed E-state index contributed by atoms with van der Waals surface area (Å²) in [6.07, 6.45) is 1.13. The quantitative estimate of drug-likeness (QED) is 0.189. The zero-order valence-corrected chi connectivity index (χ0v) is 15.8. The number of carbonyl (C=O) groups excluding carboxylic acids is 1. The maximum atomic E-state index is 11.0. The van der Waals surface area contributed by atoms with Crippen molar-refractivity contribution in [2.75, 3.05) is 0 Å². The molecule has 0 saturated carbocycles. The van der Waals surface area contributed by atoms with Gasteiger partial charge in [0.1, 0.15) is 16.1 Å². The molecule has 1 aromatic carbocycles. The van der Waals surface area contributed by atoms with Crippen LogP contribution in [0, 0.1) is 26.1 Å². The molecule has 0 amide bonds. The number of aliphatic hydroxyl groups is 1. The zero-order chi connectivity index (χ0) is 20.2. The van der Waals surface area contributed by atoms with Gasteiger partial charge in [-0.2, -0.15) is 0 Å². The van der Waals surface area contributed by atoms with Crippen molar-refractivity contribution < 1.29 is 19.7 Å². The van der Waals surface area contributed by atoms with Crippen LogP contribution in [-0.2, 0) is 11.4 Å². The van der Waals surface area contributed by atoms with Gasteiger partial charge in [0.2, 0.25) is 0 Å². The van der Waals surface area contributed by atoms with E-state index in [1.807, 2.05) is 30.3 Å². The summed E-state index contributed by atoms with van der Waals surface area (Å²) in [5.74, 6) is -2.06. The van der Waals surface area contributed by atoms with E-state index in [2.05, 4.69) is 0 Å². The van der Waals surface area contributed by atoms with Crippen molar-refractivity contribution in [2.45, 2.75) is 20.9 Å². The highest BCUT2D eigenvalue weighted by Crippen LogP contribution is 2.55. The predicted molar refractivity (Wildman–Crippen MR) is 96.7 cm³/mol. The zero-order valence-electron chi connectivity index (χ0n) is 12.8. The van der Waals surface area contributed by atoms with Gasteiger partial charge in [-0.25, -0.2) is 0 Å². The molecule has 1 aliphatic rings. The lowest BCUT2D eigenvalue weighted by Gasteiger charge is -2.38. The van der Waals surface area contributed by atoms with E-state index in [0.717, 1.165) is 11.6 Å². The van der Waals surface area contributed by atoms with Crippen LogP contribution in [0.1, 0.15) is 5.56 Å². The molecule has 0 radical (unpaired) electrons. The van der Waals surface area contributed by atoms with Crippen molar-refractivity contribution in [3.63, 3.8) is 0 Å². The van der Waals surface area contributed by atoms with Gasteiger partial charge in [0.05, 0.1) is 12.7 Å². The SMILES string of the molecule is O=CC1C([N+](=O)[O-])([N+](=O)[O-])C=CC(Cl)(Cl)C1(Cl)Cl.OCc1ccccc1. The Balaban J connectivity index is 0.000000350. The lowest BCUT2D eigenvalue weighted by Crippen LogP contribution is -2.63. The number of aliphatic hydroxyl groups excluding tert-OH is 1. The molecule has 0 heterocycles. The molecule has 1 atom stereocenters. The van der Waals surface area contributed by atoms with E-state index in [1.54, 1.807) is 0 Å². The lowest BCUT2D eigenvalue weighted by molar-refractivity contribution is -0.788. The molecule has 0 fully saturated rings. The van der Waals surface area contributed by atoms with E-state index in [9.17, 15) is 25.0 Å². The smallest absolute Gasteiger partial charge is 0.392 e. The van der Waals surface area contributed by atoms with Crippen molar-refractivity contribution in [1.82, 2.24) is 0 Å². The molecule has 12 heteroatoms. The van der Waals surface area contributed by atoms with Crippen LogP contribution in [0.4, 0.5) is 0 Å². The van der Waals surface area contributed by atoms with Crippen LogP contribution in [0.3, 0.4) is 0 Å². The second-order valence-corrected chi connectivity index (χ2v) is 7.91. The third-order valence-corrected chi connectivity index (χ3v) is 5.88. The van der Waals surface area contributed by atoms with Crippen molar-refractivity contribution in [1.29, 1.82) is 0 Å². The summed E-state index contributed by atoms with van der Waals surface area (Å²) in [5, 5.41) is 30.4. The number of carbonyl (C=O) groups is 1. The van der Waals surface area contributed by atoms with E-state index in [0.29, 0.717) is 6.08 Å². The fourth-order valence-corrected chi connectivity index (χ4v) is 3.01. The molecule has 1 unspecified atom stereocenters. The average molecular weight is 446 g/mol. The molecule has 0 bridgehead atoms. The monoisotopic (exact) mass is 444 g/mol. The van der Waals surface area contributed by atoms with Gasteiger partial charge in [-0.05, 0) is 11.6 Å². The molecule has 0 spiro atoms. The fourth-order valence-electron chi connectivity index (χ4n) is 2.10. The maximum Gasteiger partial charge on any atom is 0.490 e. The Labute approximate surface area is 167 Å². The number of hydrogen-bond acceptors (Lipinski definition) is 6. The summed E-state index contributed by atoms with van der Waals surface area (Å²) in [7, 11) is 0. The molecule has 142 valence electrons. The highest BCUT2D eigenvalue weighted by Gasteiger charge is 2.74. The number of alkyl halides is 4. The van der Waals surface area contributed by atoms with E-state index < -0.39 is 30.1 Å². The van der Waals surface area contributed by atoms with E-state index in [1.165, 1.54) is 0 Å². The first-order valence-corrected chi connectivity index (χ1v) is 8.33. The molecule has 1 N–H and O–H groups in total. The minimum atomic E-state index is -3.00. The normalized spacial score (nSPS) is 21.8. The van der Waals surface area contributed by atoms with E-state index in [-0.39, 0.29) is 12.9 Å². The molecule has 0 aliphatic heterocycles. The van der Waals surface area contributed by atoms with Gasteiger partial charge in [-0.1, -0.05) is 76.7 Å². The number of nitro groups is 2. The maximum absolute atomic E-state index is 11.0. The third kappa shape index (κ3) is 4.10. The van der Waals surface area contributed by atoms with Crippen LogP contribution in [0.25, 0.3) is 0 Å². The lowest BCUT2D eigenvalue weighted by atomic mass is 9.84. The Bertz CT molecular complexity index is 697. The minimum Gasteiger partial charge on any atom is -0.392 e. The van der Waals surface area contributed by atoms with Crippen LogP contribution >= 0.6 is 46.4 Å². The van der Waals surface area contributed by atoms with Crippen molar-refractivity contribution in [2.24, 2.45) is 5.92 Å². The number of nitrogens with zero attached hydrogens (tertiary/aromatic N) is 2. The summed E-state index contributed by atoms with van der Waals surface area (Å²) >= 11 is 22.8. The molecule has 8 nitrogen and oxygen atoms in total. The Morgan fingerprint density at radius 2 is 1.54 bits per heavy atom. The van der Waals surface area contributed by atoms with Crippen LogP contribution in [0.15, 0.2) is 42.5 Å². The number of benzene rings is 1. The Morgan fingerprint density at radius 1 is 1.04 bits per heavy atom. The second-order valence-electron chi connectivity index (χ2n) is 5.13. The van der Waals surface area contributed by atoms with Crippen LogP contribution in [-0.4, -0.2) is 35.6 Å². The number of halogens is 4. The van der Waals surface area contributed by atoms with E-state index >= 15 is 0 Å². The van der Waals surface area contributed by atoms with Gasteiger partial charge in [0.15, 0.2) is 14.6 Å². The second kappa shape index (κ2) is 8.49. The Morgan fingerprint density at radius 3 is 1.88 bits per heavy atom. The number of rotatable bonds is 4. The molecule has 0 saturated heterocycles. The standard InChI is InChI=1S/C7H4Cl4N2O5.C7H8O/c8-6(9)2-1-5(12(15)16,13(17)18)4(3-14)7(6,10)11;8-6-7-4-2-1-3-5-7/h1-4H;1-5,8H,6H2. The minimum absolute atomic E-state index is 0.103. The number of aldehydes is 1. The van der Waals surface area contributed by atoms with Gasteiger partial charge in [-0.15, -0.1) is 0 Å². The van der Waals surface area contributed by atoms with Gasteiger partial charge in [0.25, 0.3) is 0 Å². The highest BCUT2D eigenvalue weighted by molar-refractivity contribution is 6.64. The molecular formula is C14H12Cl4N2O6. The number of hydrogen-bond donors (Lipinski definition) is 1. The predicted octanol–water partition coefficient (Wildman–Crippen LogP) is 3.15. The first kappa shape index (κ1) is 22.6. The summed E-state index contributed by atoms with van der Waals surface area (Å²) in [5.41, 5.74) is -2.04. The van der Waals surface area contributed by atoms with Crippen molar-refractivity contribution in [3.05, 3.63) is 68.3 Å². The summed E-state index contributed by atoms with van der Waals surface area (Å²) in [6, 6.07) is 9.52. The van der Waals surface area contributed by atoms with Gasteiger partial charge >= 0.3 is 5.66 Å². The van der Waals surface area contributed by atoms with Crippen LogP contribution in [0.5, 0.6) is 0 Å². The molecule has 0 aromatic heterocycles. The van der Waals surface area contributed by atoms with Crippen molar-refractivity contribution >= 4 is 52.7 Å². The van der Waals surface area contributed by atoms with Gasteiger partial charge in [0, 0.05) is 0 Å². The topological polar surface area (TPSA) is 124 Å². The molecule has 2 rings (SSSR count). The van der Waals surface area contributed by atoms with Gasteiger partial charge < -0.3 is 9.90 Å². The van der Waals surface area contributed by atoms with Crippen molar-refractivity contribution in [3.8, 4) is 0 Å². The fraction of sp³-hybridized carbons (Fsp3) is 0.357. The third-order valence-electron chi connectivity index (χ3n) is 3.58. The first-order valence-electron chi connectivity index (χ1n) is 6.82. The summed E-state index contributed by atoms with van der Waals surface area (Å²) < 4.78 is -4.50. The first-order chi connectivity index (χ1) is 12.0.